The predicted molar refractivity (Wildman–Crippen MR) is 52.4 cm³/mol. The number of carboxylic acid groups (broad SMARTS) is 1. The lowest BCUT2D eigenvalue weighted by Crippen LogP contribution is -1.99. The number of aliphatic carboxylic acids is 1. The van der Waals surface area contributed by atoms with E-state index in [2.05, 4.69) is 15.0 Å². The lowest BCUT2D eigenvalue weighted by Gasteiger charge is -1.89. The van der Waals surface area contributed by atoms with Crippen LogP contribution in [0.15, 0.2) is 18.3 Å². The highest BCUT2D eigenvalue weighted by molar-refractivity contribution is 5.76. The van der Waals surface area contributed by atoms with E-state index in [1.165, 1.54) is 0 Å². The molecule has 0 saturated heterocycles. The first kappa shape index (κ1) is 8.40. The molecule has 2 N–H and O–H groups in total. The fraction of sp³-hybridized carbons (Fsp3) is 0.300. The van der Waals surface area contributed by atoms with Crippen LogP contribution in [0.2, 0.25) is 0 Å². The smallest absolute Gasteiger partial charge is 0.307 e. The third-order valence-electron chi connectivity index (χ3n) is 2.73. The molecule has 1 aliphatic carbocycles. The maximum atomic E-state index is 10.7. The first-order chi connectivity index (χ1) is 7.25. The van der Waals surface area contributed by atoms with Gasteiger partial charge < -0.3 is 10.1 Å². The summed E-state index contributed by atoms with van der Waals surface area (Å²) in [5.41, 5.74) is 1.52. The minimum Gasteiger partial charge on any atom is -0.481 e. The Morgan fingerprint density at radius 2 is 2.47 bits per heavy atom. The second-order valence-corrected chi connectivity index (χ2v) is 3.78. The zero-order valence-corrected chi connectivity index (χ0v) is 7.84. The fourth-order valence-corrected chi connectivity index (χ4v) is 1.81. The molecule has 1 saturated carbocycles. The summed E-state index contributed by atoms with van der Waals surface area (Å²) in [7, 11) is 0. The van der Waals surface area contributed by atoms with E-state index >= 15 is 0 Å². The second kappa shape index (κ2) is 2.79. The van der Waals surface area contributed by atoms with Crippen molar-refractivity contribution in [2.24, 2.45) is 5.92 Å². The lowest BCUT2D eigenvalue weighted by atomic mass is 10.3. The number of H-pyrrole nitrogens is 1. The van der Waals surface area contributed by atoms with Crippen LogP contribution in [0.1, 0.15) is 18.2 Å². The van der Waals surface area contributed by atoms with Gasteiger partial charge in [0.15, 0.2) is 5.65 Å². The Balaban J connectivity index is 1.97. The van der Waals surface area contributed by atoms with Gasteiger partial charge in [0.1, 0.15) is 5.82 Å². The molecular weight excluding hydrogens is 194 g/mol. The van der Waals surface area contributed by atoms with Crippen LogP contribution in [0.5, 0.6) is 0 Å². The molecule has 5 heteroatoms. The lowest BCUT2D eigenvalue weighted by molar-refractivity contribution is -0.138. The van der Waals surface area contributed by atoms with Crippen LogP contribution < -0.4 is 0 Å². The van der Waals surface area contributed by atoms with E-state index in [-0.39, 0.29) is 11.8 Å². The standard InChI is InChI=1S/C10H9N3O2/c14-10(15)6-4-5(6)8-12-7-2-1-3-11-9(7)13-8/h1-3,5-6H,4H2,(H,14,15)(H,11,12,13)/t5-,6-/m1/s1. The summed E-state index contributed by atoms with van der Waals surface area (Å²) in [5, 5.41) is 8.80. The molecule has 2 aromatic rings. The number of rotatable bonds is 2. The minimum atomic E-state index is -0.742. The van der Waals surface area contributed by atoms with Crippen molar-refractivity contribution < 1.29 is 9.90 Å². The average Bonchev–Trinajstić information content (AvgIpc) is 2.91. The highest BCUT2D eigenvalue weighted by Crippen LogP contribution is 2.46. The molecule has 2 atom stereocenters. The monoisotopic (exact) mass is 203 g/mol. The Morgan fingerprint density at radius 1 is 1.60 bits per heavy atom. The van der Waals surface area contributed by atoms with Crippen molar-refractivity contribution in [2.75, 3.05) is 0 Å². The number of pyridine rings is 1. The summed E-state index contributed by atoms with van der Waals surface area (Å²) >= 11 is 0. The van der Waals surface area contributed by atoms with Crippen LogP contribution in [0.4, 0.5) is 0 Å². The van der Waals surface area contributed by atoms with E-state index in [0.717, 1.165) is 11.3 Å². The summed E-state index contributed by atoms with van der Waals surface area (Å²) in [6.45, 7) is 0. The van der Waals surface area contributed by atoms with Gasteiger partial charge in [0.2, 0.25) is 0 Å². The molecule has 76 valence electrons. The molecule has 0 aromatic carbocycles. The highest BCUT2D eigenvalue weighted by Gasteiger charge is 2.46. The van der Waals surface area contributed by atoms with Crippen molar-refractivity contribution in [3.8, 4) is 0 Å². The van der Waals surface area contributed by atoms with Crippen molar-refractivity contribution in [2.45, 2.75) is 12.3 Å². The molecule has 1 fully saturated rings. The Kier molecular flexibility index (Phi) is 1.56. The van der Waals surface area contributed by atoms with Gasteiger partial charge in [0, 0.05) is 12.1 Å². The summed E-state index contributed by atoms with van der Waals surface area (Å²) in [5.74, 6) is -0.230. The predicted octanol–water partition coefficient (Wildman–Crippen LogP) is 1.15. The van der Waals surface area contributed by atoms with Gasteiger partial charge in [-0.1, -0.05) is 0 Å². The summed E-state index contributed by atoms with van der Waals surface area (Å²) in [6.07, 6.45) is 2.35. The molecule has 0 unspecified atom stereocenters. The van der Waals surface area contributed by atoms with E-state index in [1.807, 2.05) is 12.1 Å². The highest BCUT2D eigenvalue weighted by atomic mass is 16.4. The van der Waals surface area contributed by atoms with Crippen LogP contribution in [0.25, 0.3) is 11.2 Å². The molecule has 2 heterocycles. The van der Waals surface area contributed by atoms with Crippen LogP contribution in [0, 0.1) is 5.92 Å². The molecule has 1 aliphatic rings. The molecular formula is C10H9N3O2. The number of carbonyl (C=O) groups is 1. The number of fused-ring (bicyclic) bond motifs is 1. The third kappa shape index (κ3) is 1.27. The van der Waals surface area contributed by atoms with Crippen LogP contribution in [-0.2, 0) is 4.79 Å². The SMILES string of the molecule is O=C(O)[C@@H]1C[C@H]1c1nc2ncccc2[nH]1. The zero-order chi connectivity index (χ0) is 10.4. The molecule has 3 rings (SSSR count). The van der Waals surface area contributed by atoms with E-state index < -0.39 is 5.97 Å². The van der Waals surface area contributed by atoms with Gasteiger partial charge in [-0.05, 0) is 18.6 Å². The van der Waals surface area contributed by atoms with Crippen LogP contribution >= 0.6 is 0 Å². The number of carboxylic acids is 1. The quantitative estimate of drug-likeness (QED) is 0.767. The molecule has 0 spiro atoms. The fourth-order valence-electron chi connectivity index (χ4n) is 1.81. The minimum absolute atomic E-state index is 0.0386. The van der Waals surface area contributed by atoms with Gasteiger partial charge >= 0.3 is 5.97 Å². The van der Waals surface area contributed by atoms with E-state index in [9.17, 15) is 4.79 Å². The average molecular weight is 203 g/mol. The Bertz CT molecular complexity index is 501. The van der Waals surface area contributed by atoms with Gasteiger partial charge in [-0.15, -0.1) is 0 Å². The number of aromatic nitrogens is 3. The topological polar surface area (TPSA) is 78.9 Å². The Labute approximate surface area is 85.2 Å². The molecule has 2 aromatic heterocycles. The summed E-state index contributed by atoms with van der Waals surface area (Å²) in [4.78, 5) is 22.2. The van der Waals surface area contributed by atoms with Crippen molar-refractivity contribution in [3.63, 3.8) is 0 Å². The van der Waals surface area contributed by atoms with Crippen LogP contribution in [-0.4, -0.2) is 26.0 Å². The first-order valence-corrected chi connectivity index (χ1v) is 4.79. The van der Waals surface area contributed by atoms with Crippen molar-refractivity contribution in [1.29, 1.82) is 0 Å². The number of nitrogens with zero attached hydrogens (tertiary/aromatic N) is 2. The summed E-state index contributed by atoms with van der Waals surface area (Å²) < 4.78 is 0. The third-order valence-corrected chi connectivity index (χ3v) is 2.73. The second-order valence-electron chi connectivity index (χ2n) is 3.78. The van der Waals surface area contributed by atoms with Crippen molar-refractivity contribution in [1.82, 2.24) is 15.0 Å². The van der Waals surface area contributed by atoms with Crippen molar-refractivity contribution in [3.05, 3.63) is 24.2 Å². The van der Waals surface area contributed by atoms with Gasteiger partial charge in [0.05, 0.1) is 11.4 Å². The molecule has 0 radical (unpaired) electrons. The normalized spacial score (nSPS) is 24.3. The van der Waals surface area contributed by atoms with E-state index in [4.69, 9.17) is 5.11 Å². The number of imidazole rings is 1. The zero-order valence-electron chi connectivity index (χ0n) is 7.84. The molecule has 0 amide bonds. The van der Waals surface area contributed by atoms with E-state index in [0.29, 0.717) is 12.1 Å². The van der Waals surface area contributed by atoms with Gasteiger partial charge in [0.25, 0.3) is 0 Å². The number of hydrogen-bond acceptors (Lipinski definition) is 3. The van der Waals surface area contributed by atoms with Crippen molar-refractivity contribution >= 4 is 17.1 Å². The Morgan fingerprint density at radius 3 is 3.13 bits per heavy atom. The summed E-state index contributed by atoms with van der Waals surface area (Å²) in [6, 6.07) is 3.71. The van der Waals surface area contributed by atoms with Gasteiger partial charge in [-0.3, -0.25) is 4.79 Å². The maximum absolute atomic E-state index is 10.7. The molecule has 0 aliphatic heterocycles. The van der Waals surface area contributed by atoms with Gasteiger partial charge in [-0.2, -0.15) is 0 Å². The Hall–Kier alpha value is -1.91. The first-order valence-electron chi connectivity index (χ1n) is 4.79. The van der Waals surface area contributed by atoms with Crippen LogP contribution in [0.3, 0.4) is 0 Å². The molecule has 5 nitrogen and oxygen atoms in total. The van der Waals surface area contributed by atoms with Gasteiger partial charge in [-0.25, -0.2) is 9.97 Å². The number of nitrogens with one attached hydrogen (secondary N) is 1. The maximum Gasteiger partial charge on any atom is 0.307 e. The molecule has 0 bridgehead atoms. The van der Waals surface area contributed by atoms with E-state index in [1.54, 1.807) is 6.20 Å². The molecule has 15 heavy (non-hydrogen) atoms. The largest absolute Gasteiger partial charge is 0.481 e. The number of hydrogen-bond donors (Lipinski definition) is 2. The number of aromatic amines is 1.